The number of esters is 1. The van der Waals surface area contributed by atoms with E-state index in [9.17, 15) is 4.79 Å². The lowest BCUT2D eigenvalue weighted by molar-refractivity contribution is -0.150. The fourth-order valence-electron chi connectivity index (χ4n) is 4.00. The highest BCUT2D eigenvalue weighted by molar-refractivity contribution is 6.99. The molecular weight excluding hydrogens is 424 g/mol. The molecule has 0 aliphatic carbocycles. The van der Waals surface area contributed by atoms with Crippen LogP contribution in [0, 0.1) is 0 Å². The number of piperazine rings is 1. The summed E-state index contributed by atoms with van der Waals surface area (Å²) in [6.45, 7) is 7.11. The second-order valence-corrected chi connectivity index (χ2v) is 8.18. The van der Waals surface area contributed by atoms with Gasteiger partial charge in [-0.3, -0.25) is 4.90 Å². The molecule has 3 aromatic rings. The van der Waals surface area contributed by atoms with E-state index in [1.807, 2.05) is 0 Å². The Kier molecular flexibility index (Phi) is 7.34. The van der Waals surface area contributed by atoms with E-state index in [4.69, 9.17) is 9.47 Å². The van der Waals surface area contributed by atoms with Crippen LogP contribution in [-0.4, -0.2) is 58.5 Å². The van der Waals surface area contributed by atoms with Gasteiger partial charge in [-0.1, -0.05) is 60.7 Å². The second-order valence-electron chi connectivity index (χ2n) is 7.65. The summed E-state index contributed by atoms with van der Waals surface area (Å²) in [7, 11) is 0. The summed E-state index contributed by atoms with van der Waals surface area (Å²) in [4.78, 5) is 16.6. The molecule has 2 aromatic carbocycles. The number of carbonyl (C=O) groups excluding carboxylic acids is 1. The molecule has 168 valence electrons. The summed E-state index contributed by atoms with van der Waals surface area (Å²) in [5, 5.41) is 0. The molecule has 7 nitrogen and oxygen atoms in total. The molecule has 0 saturated carbocycles. The number of carbonyl (C=O) groups is 1. The molecule has 1 unspecified atom stereocenters. The minimum atomic E-state index is -0.723. The zero-order chi connectivity index (χ0) is 22.3. The van der Waals surface area contributed by atoms with Crippen LogP contribution in [0.3, 0.4) is 0 Å². The number of ether oxygens (including phenoxy) is 2. The highest BCUT2D eigenvalue weighted by atomic mass is 32.1. The average molecular weight is 453 g/mol. The average Bonchev–Trinajstić information content (AvgIpc) is 3.29. The topological polar surface area (TPSA) is 67.8 Å². The zero-order valence-corrected chi connectivity index (χ0v) is 19.2. The van der Waals surface area contributed by atoms with Crippen LogP contribution in [0.15, 0.2) is 60.7 Å². The number of hydrogen-bond acceptors (Lipinski definition) is 8. The molecule has 1 aliphatic rings. The zero-order valence-electron chi connectivity index (χ0n) is 18.4. The smallest absolute Gasteiger partial charge is 0.347 e. The lowest BCUT2D eigenvalue weighted by Crippen LogP contribution is -2.48. The molecule has 0 radical (unpaired) electrons. The first-order valence-corrected chi connectivity index (χ1v) is 11.6. The van der Waals surface area contributed by atoms with Gasteiger partial charge in [0.2, 0.25) is 5.82 Å². The van der Waals surface area contributed by atoms with Gasteiger partial charge in [0.25, 0.3) is 5.88 Å². The maximum absolute atomic E-state index is 11.9. The summed E-state index contributed by atoms with van der Waals surface area (Å²) < 4.78 is 19.5. The van der Waals surface area contributed by atoms with Crippen molar-refractivity contribution in [3.63, 3.8) is 0 Å². The molecule has 1 aliphatic heterocycles. The van der Waals surface area contributed by atoms with Crippen molar-refractivity contribution in [3.8, 4) is 5.88 Å². The van der Waals surface area contributed by atoms with Crippen molar-refractivity contribution >= 4 is 23.5 Å². The highest BCUT2D eigenvalue weighted by Gasteiger charge is 2.29. The van der Waals surface area contributed by atoms with E-state index in [-0.39, 0.29) is 6.04 Å². The Balaban J connectivity index is 1.46. The van der Waals surface area contributed by atoms with Gasteiger partial charge < -0.3 is 14.4 Å². The van der Waals surface area contributed by atoms with Gasteiger partial charge in [0, 0.05) is 26.2 Å². The third-order valence-electron chi connectivity index (χ3n) is 5.56. The number of rotatable bonds is 8. The maximum atomic E-state index is 11.9. The van der Waals surface area contributed by atoms with Crippen LogP contribution in [0.25, 0.3) is 0 Å². The predicted octanol–water partition coefficient (Wildman–Crippen LogP) is 3.78. The maximum Gasteiger partial charge on any atom is 0.347 e. The van der Waals surface area contributed by atoms with Crippen molar-refractivity contribution in [3.05, 3.63) is 71.8 Å². The van der Waals surface area contributed by atoms with E-state index in [1.165, 1.54) is 11.1 Å². The van der Waals surface area contributed by atoms with Crippen molar-refractivity contribution in [2.75, 3.05) is 37.7 Å². The Morgan fingerprint density at radius 1 is 0.969 bits per heavy atom. The fourth-order valence-corrected chi connectivity index (χ4v) is 4.51. The first-order chi connectivity index (χ1) is 15.7. The molecule has 0 spiro atoms. The second kappa shape index (κ2) is 10.6. The summed E-state index contributed by atoms with van der Waals surface area (Å²) >= 11 is 1.10. The summed E-state index contributed by atoms with van der Waals surface area (Å²) in [6, 6.07) is 21.5. The Hall–Kier alpha value is -2.97. The lowest BCUT2D eigenvalue weighted by Gasteiger charge is -2.40. The SMILES string of the molecule is CCOC(=O)C(C)Oc1nsnc1N1CCN(C(c2ccccc2)c2ccccc2)CC1. The van der Waals surface area contributed by atoms with Crippen molar-refractivity contribution in [2.24, 2.45) is 0 Å². The van der Waals surface area contributed by atoms with E-state index in [0.717, 1.165) is 37.9 Å². The van der Waals surface area contributed by atoms with Crippen molar-refractivity contribution < 1.29 is 14.3 Å². The van der Waals surface area contributed by atoms with Crippen LogP contribution >= 0.6 is 11.7 Å². The van der Waals surface area contributed by atoms with E-state index in [2.05, 4.69) is 79.2 Å². The summed E-state index contributed by atoms with van der Waals surface area (Å²) in [5.74, 6) is 0.693. The molecule has 0 N–H and O–H groups in total. The number of hydrogen-bond donors (Lipinski definition) is 0. The Labute approximate surface area is 192 Å². The van der Waals surface area contributed by atoms with Crippen LogP contribution in [0.1, 0.15) is 31.0 Å². The summed E-state index contributed by atoms with van der Waals surface area (Å²) in [6.07, 6.45) is -0.723. The third kappa shape index (κ3) is 5.08. The van der Waals surface area contributed by atoms with Gasteiger partial charge in [-0.25, -0.2) is 4.79 Å². The largest absolute Gasteiger partial charge is 0.463 e. The summed E-state index contributed by atoms with van der Waals surface area (Å²) in [5.41, 5.74) is 2.57. The molecule has 8 heteroatoms. The molecule has 0 amide bonds. The standard InChI is InChI=1S/C24H28N4O3S/c1-3-30-24(29)18(2)31-23-22(25-32-26-23)28-16-14-27(15-17-28)21(19-10-6-4-7-11-19)20-12-8-5-9-13-20/h4-13,18,21H,3,14-17H2,1-2H3. The molecular formula is C24H28N4O3S. The fraction of sp³-hybridized carbons (Fsp3) is 0.375. The van der Waals surface area contributed by atoms with Gasteiger partial charge in [0.05, 0.1) is 24.4 Å². The molecule has 32 heavy (non-hydrogen) atoms. The quantitative estimate of drug-likeness (QED) is 0.482. The van der Waals surface area contributed by atoms with Crippen LogP contribution in [-0.2, 0) is 9.53 Å². The predicted molar refractivity (Wildman–Crippen MR) is 125 cm³/mol. The first kappa shape index (κ1) is 22.2. The van der Waals surface area contributed by atoms with E-state index >= 15 is 0 Å². The molecule has 1 aromatic heterocycles. The molecule has 2 heterocycles. The number of aromatic nitrogens is 2. The van der Waals surface area contributed by atoms with Gasteiger partial charge in [-0.15, -0.1) is 4.37 Å². The normalized spacial score (nSPS) is 15.5. The van der Waals surface area contributed by atoms with E-state index < -0.39 is 12.1 Å². The Morgan fingerprint density at radius 3 is 2.12 bits per heavy atom. The van der Waals surface area contributed by atoms with Gasteiger partial charge in [-0.05, 0) is 25.0 Å². The van der Waals surface area contributed by atoms with Gasteiger partial charge >= 0.3 is 5.97 Å². The molecule has 1 fully saturated rings. The van der Waals surface area contributed by atoms with Gasteiger partial charge in [0.1, 0.15) is 0 Å². The monoisotopic (exact) mass is 452 g/mol. The number of nitrogens with zero attached hydrogens (tertiary/aromatic N) is 4. The lowest BCUT2D eigenvalue weighted by atomic mass is 9.96. The highest BCUT2D eigenvalue weighted by Crippen LogP contribution is 2.32. The van der Waals surface area contributed by atoms with Crippen LogP contribution < -0.4 is 9.64 Å². The van der Waals surface area contributed by atoms with Crippen LogP contribution in [0.4, 0.5) is 5.82 Å². The van der Waals surface area contributed by atoms with Crippen LogP contribution in [0.5, 0.6) is 5.88 Å². The molecule has 1 atom stereocenters. The number of benzene rings is 2. The molecule has 4 rings (SSSR count). The van der Waals surface area contributed by atoms with E-state index in [1.54, 1.807) is 13.8 Å². The Bertz CT molecular complexity index is 951. The molecule has 0 bridgehead atoms. The van der Waals surface area contributed by atoms with E-state index in [0.29, 0.717) is 18.3 Å². The van der Waals surface area contributed by atoms with Crippen molar-refractivity contribution in [2.45, 2.75) is 26.0 Å². The van der Waals surface area contributed by atoms with Gasteiger partial charge in [-0.2, -0.15) is 4.37 Å². The number of anilines is 1. The van der Waals surface area contributed by atoms with Crippen molar-refractivity contribution in [1.29, 1.82) is 0 Å². The van der Waals surface area contributed by atoms with Crippen molar-refractivity contribution in [1.82, 2.24) is 13.6 Å². The van der Waals surface area contributed by atoms with Crippen LogP contribution in [0.2, 0.25) is 0 Å². The first-order valence-electron chi connectivity index (χ1n) is 10.9. The molecule has 1 saturated heterocycles. The minimum absolute atomic E-state index is 0.202. The Morgan fingerprint density at radius 2 is 1.56 bits per heavy atom. The third-order valence-corrected chi connectivity index (χ3v) is 6.06. The minimum Gasteiger partial charge on any atom is -0.463 e. The van der Waals surface area contributed by atoms with Gasteiger partial charge in [0.15, 0.2) is 6.10 Å².